The number of hydrogen-bond acceptors (Lipinski definition) is 4. The first-order valence-corrected chi connectivity index (χ1v) is 8.58. The minimum Gasteiger partial charge on any atom is -0.507 e. The molecule has 1 aromatic carbocycles. The van der Waals surface area contributed by atoms with Gasteiger partial charge in [-0.25, -0.2) is 13.1 Å². The van der Waals surface area contributed by atoms with Gasteiger partial charge in [0.25, 0.3) is 0 Å². The highest BCUT2D eigenvalue weighted by atomic mass is 32.2. The second-order valence-electron chi connectivity index (χ2n) is 4.96. The number of aromatic nitrogens is 1. The number of aryl methyl sites for hydroxylation is 1. The SMILES string of the molecule is CNS(=O)(=O)c1cc(NC(=O)CCCn2cccc2)ccc1O. The van der Waals surface area contributed by atoms with Crippen LogP contribution in [0.3, 0.4) is 0 Å². The topological polar surface area (TPSA) is 100 Å². The van der Waals surface area contributed by atoms with Crippen LogP contribution in [0, 0.1) is 0 Å². The first-order chi connectivity index (χ1) is 10.9. The lowest BCUT2D eigenvalue weighted by Crippen LogP contribution is -2.19. The Morgan fingerprint density at radius 1 is 1.26 bits per heavy atom. The maximum atomic E-state index is 11.9. The van der Waals surface area contributed by atoms with Gasteiger partial charge in [0, 0.05) is 31.0 Å². The van der Waals surface area contributed by atoms with E-state index in [-0.39, 0.29) is 16.6 Å². The third kappa shape index (κ3) is 4.57. The van der Waals surface area contributed by atoms with E-state index in [1.807, 2.05) is 29.1 Å². The maximum Gasteiger partial charge on any atom is 0.244 e. The number of phenolic OH excluding ortho intramolecular Hbond substituents is 1. The van der Waals surface area contributed by atoms with Gasteiger partial charge in [-0.05, 0) is 43.8 Å². The highest BCUT2D eigenvalue weighted by Crippen LogP contribution is 2.25. The van der Waals surface area contributed by atoms with E-state index >= 15 is 0 Å². The van der Waals surface area contributed by atoms with Gasteiger partial charge >= 0.3 is 0 Å². The van der Waals surface area contributed by atoms with Gasteiger partial charge in [0.2, 0.25) is 15.9 Å². The van der Waals surface area contributed by atoms with Crippen molar-refractivity contribution in [3.05, 3.63) is 42.7 Å². The van der Waals surface area contributed by atoms with E-state index in [0.29, 0.717) is 18.5 Å². The first-order valence-electron chi connectivity index (χ1n) is 7.09. The molecule has 124 valence electrons. The molecule has 0 spiro atoms. The molecule has 0 atom stereocenters. The molecule has 3 N–H and O–H groups in total. The van der Waals surface area contributed by atoms with Crippen LogP contribution in [0.4, 0.5) is 5.69 Å². The van der Waals surface area contributed by atoms with Crippen LogP contribution in [0.5, 0.6) is 5.75 Å². The second-order valence-corrected chi connectivity index (χ2v) is 6.82. The smallest absolute Gasteiger partial charge is 0.244 e. The highest BCUT2D eigenvalue weighted by Gasteiger charge is 2.17. The van der Waals surface area contributed by atoms with E-state index < -0.39 is 10.0 Å². The van der Waals surface area contributed by atoms with Gasteiger partial charge in [0.15, 0.2) is 0 Å². The van der Waals surface area contributed by atoms with Crippen molar-refractivity contribution in [2.45, 2.75) is 24.3 Å². The molecule has 2 rings (SSSR count). The fraction of sp³-hybridized carbons (Fsp3) is 0.267. The molecular weight excluding hydrogens is 318 g/mol. The van der Waals surface area contributed by atoms with Gasteiger partial charge in [-0.2, -0.15) is 0 Å². The molecule has 7 nitrogen and oxygen atoms in total. The molecule has 0 radical (unpaired) electrons. The van der Waals surface area contributed by atoms with Crippen LogP contribution in [-0.4, -0.2) is 31.0 Å². The van der Waals surface area contributed by atoms with Crippen LogP contribution in [0.2, 0.25) is 0 Å². The second kappa shape index (κ2) is 7.30. The molecule has 2 aromatic rings. The number of sulfonamides is 1. The average Bonchev–Trinajstić information content (AvgIpc) is 3.02. The molecule has 1 heterocycles. The lowest BCUT2D eigenvalue weighted by atomic mass is 10.2. The predicted molar refractivity (Wildman–Crippen MR) is 86.6 cm³/mol. The van der Waals surface area contributed by atoms with Crippen LogP contribution < -0.4 is 10.0 Å². The van der Waals surface area contributed by atoms with Crippen molar-refractivity contribution in [1.29, 1.82) is 0 Å². The molecule has 0 aliphatic heterocycles. The summed E-state index contributed by atoms with van der Waals surface area (Å²) < 4.78 is 27.7. The number of carbonyl (C=O) groups is 1. The Labute approximate surface area is 135 Å². The van der Waals surface area contributed by atoms with Crippen LogP contribution in [0.1, 0.15) is 12.8 Å². The molecule has 0 unspecified atom stereocenters. The van der Waals surface area contributed by atoms with E-state index in [1.165, 1.54) is 25.2 Å². The molecule has 0 fully saturated rings. The number of benzene rings is 1. The van der Waals surface area contributed by atoms with Crippen LogP contribution in [0.25, 0.3) is 0 Å². The van der Waals surface area contributed by atoms with Crippen LogP contribution >= 0.6 is 0 Å². The molecule has 0 aliphatic rings. The summed E-state index contributed by atoms with van der Waals surface area (Å²) in [5.74, 6) is -0.583. The van der Waals surface area contributed by atoms with Gasteiger partial charge in [-0.1, -0.05) is 0 Å². The van der Waals surface area contributed by atoms with Gasteiger partial charge in [-0.15, -0.1) is 0 Å². The third-order valence-corrected chi connectivity index (χ3v) is 4.73. The van der Waals surface area contributed by atoms with Crippen LogP contribution in [-0.2, 0) is 21.4 Å². The van der Waals surface area contributed by atoms with Crippen molar-refractivity contribution in [1.82, 2.24) is 9.29 Å². The minimum absolute atomic E-state index is 0.212. The summed E-state index contributed by atoms with van der Waals surface area (Å²) in [6, 6.07) is 7.75. The standard InChI is InChI=1S/C15H19N3O4S/c1-16-23(21,22)14-11-12(6-7-13(14)19)17-15(20)5-4-10-18-8-2-3-9-18/h2-3,6-9,11,16,19H,4-5,10H2,1H3,(H,17,20). The molecule has 0 saturated carbocycles. The summed E-state index contributed by atoms with van der Waals surface area (Å²) in [5.41, 5.74) is 0.322. The largest absolute Gasteiger partial charge is 0.507 e. The normalized spacial score (nSPS) is 11.3. The highest BCUT2D eigenvalue weighted by molar-refractivity contribution is 7.89. The lowest BCUT2D eigenvalue weighted by molar-refractivity contribution is -0.116. The van der Waals surface area contributed by atoms with Gasteiger partial charge < -0.3 is 15.0 Å². The Kier molecular flexibility index (Phi) is 5.41. The van der Waals surface area contributed by atoms with Gasteiger partial charge in [-0.3, -0.25) is 4.79 Å². The predicted octanol–water partition coefficient (Wildman–Crippen LogP) is 1.52. The number of aromatic hydroxyl groups is 1. The Morgan fingerprint density at radius 3 is 2.61 bits per heavy atom. The molecule has 0 aliphatic carbocycles. The summed E-state index contributed by atoms with van der Waals surface area (Å²) in [6.07, 6.45) is 4.83. The summed E-state index contributed by atoms with van der Waals surface area (Å²) in [4.78, 5) is 11.6. The molecule has 0 bridgehead atoms. The number of carbonyl (C=O) groups excluding carboxylic acids is 1. The van der Waals surface area contributed by atoms with Gasteiger partial charge in [0.05, 0.1) is 0 Å². The lowest BCUT2D eigenvalue weighted by Gasteiger charge is -2.09. The zero-order valence-corrected chi connectivity index (χ0v) is 13.5. The monoisotopic (exact) mass is 337 g/mol. The Morgan fingerprint density at radius 2 is 1.96 bits per heavy atom. The number of hydrogen-bond donors (Lipinski definition) is 3. The van der Waals surface area contributed by atoms with Crippen molar-refractivity contribution in [3.8, 4) is 5.75 Å². The Balaban J connectivity index is 1.97. The quantitative estimate of drug-likeness (QED) is 0.667. The number of phenols is 1. The molecule has 8 heteroatoms. The fourth-order valence-corrected chi connectivity index (χ4v) is 2.93. The number of anilines is 1. The zero-order chi connectivity index (χ0) is 16.9. The molecule has 1 amide bonds. The third-order valence-electron chi connectivity index (χ3n) is 3.29. The molecule has 23 heavy (non-hydrogen) atoms. The van der Waals surface area contributed by atoms with Crippen molar-refractivity contribution < 1.29 is 18.3 Å². The Bertz CT molecular complexity index is 770. The van der Waals surface area contributed by atoms with E-state index in [4.69, 9.17) is 0 Å². The maximum absolute atomic E-state index is 11.9. The van der Waals surface area contributed by atoms with Crippen molar-refractivity contribution in [2.24, 2.45) is 0 Å². The van der Waals surface area contributed by atoms with Crippen LogP contribution in [0.15, 0.2) is 47.6 Å². The molecular formula is C15H19N3O4S. The van der Waals surface area contributed by atoms with Crippen molar-refractivity contribution in [3.63, 3.8) is 0 Å². The number of nitrogens with zero attached hydrogens (tertiary/aromatic N) is 1. The summed E-state index contributed by atoms with van der Waals surface area (Å²) in [7, 11) is -2.54. The molecule has 0 saturated heterocycles. The van der Waals surface area contributed by atoms with E-state index in [9.17, 15) is 18.3 Å². The summed E-state index contributed by atoms with van der Waals surface area (Å²) in [5, 5.41) is 12.3. The Hall–Kier alpha value is -2.32. The summed E-state index contributed by atoms with van der Waals surface area (Å²) in [6.45, 7) is 0.732. The van der Waals surface area contributed by atoms with Gasteiger partial charge in [0.1, 0.15) is 10.6 Å². The zero-order valence-electron chi connectivity index (χ0n) is 12.7. The fourth-order valence-electron chi connectivity index (χ4n) is 2.08. The van der Waals surface area contributed by atoms with E-state index in [2.05, 4.69) is 10.0 Å². The van der Waals surface area contributed by atoms with E-state index in [1.54, 1.807) is 0 Å². The minimum atomic E-state index is -3.79. The summed E-state index contributed by atoms with van der Waals surface area (Å²) >= 11 is 0. The molecule has 1 aromatic heterocycles. The van der Waals surface area contributed by atoms with E-state index in [0.717, 1.165) is 6.54 Å². The van der Waals surface area contributed by atoms with Crippen molar-refractivity contribution in [2.75, 3.05) is 12.4 Å². The van der Waals surface area contributed by atoms with Crippen molar-refractivity contribution >= 4 is 21.6 Å². The number of nitrogens with one attached hydrogen (secondary N) is 2. The first kappa shape index (κ1) is 17.0. The number of rotatable bonds is 7. The average molecular weight is 337 g/mol. The number of amides is 1.